The fourth-order valence-corrected chi connectivity index (χ4v) is 2.76. The van der Waals surface area contributed by atoms with Gasteiger partial charge in [0.2, 0.25) is 0 Å². The van der Waals surface area contributed by atoms with Crippen molar-refractivity contribution in [1.29, 1.82) is 0 Å². The number of carboxylic acid groups (broad SMARTS) is 2. The summed E-state index contributed by atoms with van der Waals surface area (Å²) in [4.78, 5) is 23.0. The van der Waals surface area contributed by atoms with Gasteiger partial charge in [-0.3, -0.25) is 0 Å². The van der Waals surface area contributed by atoms with Crippen LogP contribution >= 0.6 is 0 Å². The molecule has 118 valence electrons. The Morgan fingerprint density at radius 2 is 0.792 bits per heavy atom. The Hall–Kier alpha value is -3.40. The predicted octanol–water partition coefficient (Wildman–Crippen LogP) is 4.42. The van der Waals surface area contributed by atoms with E-state index >= 15 is 0 Å². The molecule has 4 nitrogen and oxygen atoms in total. The zero-order valence-corrected chi connectivity index (χ0v) is 12.6. The number of rotatable bonds is 4. The molecule has 0 fully saturated rings. The number of carboxylic acids is 2. The molecule has 4 heteroatoms. The van der Waals surface area contributed by atoms with E-state index in [2.05, 4.69) is 0 Å². The van der Waals surface area contributed by atoms with Gasteiger partial charge in [-0.1, -0.05) is 60.7 Å². The van der Waals surface area contributed by atoms with Crippen molar-refractivity contribution in [2.24, 2.45) is 0 Å². The lowest BCUT2D eigenvalue weighted by atomic mass is 9.90. The Morgan fingerprint density at radius 3 is 1.12 bits per heavy atom. The summed E-state index contributed by atoms with van der Waals surface area (Å²) < 4.78 is 0. The van der Waals surface area contributed by atoms with E-state index in [0.29, 0.717) is 22.3 Å². The maximum absolute atomic E-state index is 11.5. The Bertz CT molecular complexity index is 852. The van der Waals surface area contributed by atoms with E-state index in [0.717, 1.165) is 0 Å². The van der Waals surface area contributed by atoms with Crippen LogP contribution in [0.2, 0.25) is 0 Å². The third-order valence-electron chi connectivity index (χ3n) is 3.82. The van der Waals surface area contributed by atoms with E-state index in [9.17, 15) is 19.8 Å². The molecule has 0 spiro atoms. The van der Waals surface area contributed by atoms with Crippen molar-refractivity contribution < 1.29 is 19.8 Å². The van der Waals surface area contributed by atoms with Gasteiger partial charge in [0, 0.05) is 0 Å². The van der Waals surface area contributed by atoms with Crippen LogP contribution in [0.5, 0.6) is 0 Å². The van der Waals surface area contributed by atoms with Crippen molar-refractivity contribution in [3.05, 3.63) is 83.9 Å². The third kappa shape index (κ3) is 2.77. The highest BCUT2D eigenvalue weighted by molar-refractivity contribution is 6.02. The first-order valence-corrected chi connectivity index (χ1v) is 7.34. The summed E-state index contributed by atoms with van der Waals surface area (Å²) in [5, 5.41) is 18.9. The first kappa shape index (κ1) is 15.5. The summed E-state index contributed by atoms with van der Waals surface area (Å²) in [7, 11) is 0. The number of benzene rings is 3. The molecule has 0 unspecified atom stereocenters. The van der Waals surface area contributed by atoms with Crippen LogP contribution in [-0.2, 0) is 0 Å². The molecule has 0 atom stereocenters. The molecule has 0 radical (unpaired) electrons. The molecule has 0 bridgehead atoms. The van der Waals surface area contributed by atoms with Crippen molar-refractivity contribution in [2.75, 3.05) is 0 Å². The van der Waals surface area contributed by atoms with Crippen LogP contribution in [-0.4, -0.2) is 22.2 Å². The van der Waals surface area contributed by atoms with Crippen LogP contribution in [0.4, 0.5) is 0 Å². The largest absolute Gasteiger partial charge is 0.478 e. The van der Waals surface area contributed by atoms with E-state index in [4.69, 9.17) is 0 Å². The van der Waals surface area contributed by atoms with Crippen molar-refractivity contribution in [2.45, 2.75) is 0 Å². The molecular weight excluding hydrogens is 304 g/mol. The molecule has 0 saturated heterocycles. The van der Waals surface area contributed by atoms with Crippen LogP contribution in [0.3, 0.4) is 0 Å². The van der Waals surface area contributed by atoms with Crippen molar-refractivity contribution >= 4 is 11.9 Å². The van der Waals surface area contributed by atoms with E-state index in [-0.39, 0.29) is 11.1 Å². The summed E-state index contributed by atoms with van der Waals surface area (Å²) in [5.41, 5.74) is 2.84. The van der Waals surface area contributed by atoms with Gasteiger partial charge in [-0.2, -0.15) is 0 Å². The molecule has 0 amide bonds. The fraction of sp³-hybridized carbons (Fsp3) is 0. The van der Waals surface area contributed by atoms with Crippen molar-refractivity contribution in [3.63, 3.8) is 0 Å². The maximum atomic E-state index is 11.5. The van der Waals surface area contributed by atoms with E-state index in [1.54, 1.807) is 60.7 Å². The second-order valence-corrected chi connectivity index (χ2v) is 5.25. The lowest BCUT2D eigenvalue weighted by Crippen LogP contribution is -2.02. The standard InChI is InChI=1S/C20H14O4/c21-19(22)17-11-5-3-9-15(17)13-7-1-2-8-14(13)16-10-4-6-12-18(16)20(23)24/h1-12H,(H,21,22)(H,23,24). The molecule has 0 aliphatic heterocycles. The molecule has 0 aliphatic carbocycles. The second-order valence-electron chi connectivity index (χ2n) is 5.25. The highest BCUT2D eigenvalue weighted by Crippen LogP contribution is 2.35. The monoisotopic (exact) mass is 318 g/mol. The van der Waals surface area contributed by atoms with Crippen LogP contribution in [0.1, 0.15) is 20.7 Å². The Kier molecular flexibility index (Phi) is 4.12. The highest BCUT2D eigenvalue weighted by atomic mass is 16.4. The molecule has 3 aromatic carbocycles. The maximum Gasteiger partial charge on any atom is 0.336 e. The van der Waals surface area contributed by atoms with Crippen LogP contribution in [0.25, 0.3) is 22.3 Å². The smallest absolute Gasteiger partial charge is 0.336 e. The summed E-state index contributed by atoms with van der Waals surface area (Å²) in [6, 6.07) is 20.6. The van der Waals surface area contributed by atoms with E-state index < -0.39 is 11.9 Å². The quantitative estimate of drug-likeness (QED) is 0.747. The fourth-order valence-electron chi connectivity index (χ4n) is 2.76. The van der Waals surface area contributed by atoms with Crippen LogP contribution < -0.4 is 0 Å². The van der Waals surface area contributed by atoms with Gasteiger partial charge in [0.25, 0.3) is 0 Å². The minimum Gasteiger partial charge on any atom is -0.478 e. The lowest BCUT2D eigenvalue weighted by Gasteiger charge is -2.14. The average Bonchev–Trinajstić information content (AvgIpc) is 2.61. The van der Waals surface area contributed by atoms with Crippen LogP contribution in [0, 0.1) is 0 Å². The topological polar surface area (TPSA) is 74.6 Å². The van der Waals surface area contributed by atoms with Gasteiger partial charge in [-0.15, -0.1) is 0 Å². The predicted molar refractivity (Wildman–Crippen MR) is 91.2 cm³/mol. The minimum absolute atomic E-state index is 0.178. The molecule has 3 rings (SSSR count). The SMILES string of the molecule is O=C(O)c1ccccc1-c1ccccc1-c1ccccc1C(=O)O. The third-order valence-corrected chi connectivity index (χ3v) is 3.82. The van der Waals surface area contributed by atoms with Gasteiger partial charge >= 0.3 is 11.9 Å². The second kappa shape index (κ2) is 6.38. The summed E-state index contributed by atoms with van der Waals surface area (Å²) >= 11 is 0. The molecule has 0 aromatic heterocycles. The highest BCUT2D eigenvalue weighted by Gasteiger charge is 2.17. The summed E-state index contributed by atoms with van der Waals surface area (Å²) in [6.07, 6.45) is 0. The molecule has 0 heterocycles. The Morgan fingerprint density at radius 1 is 0.500 bits per heavy atom. The molecule has 24 heavy (non-hydrogen) atoms. The molecule has 2 N–H and O–H groups in total. The first-order valence-electron chi connectivity index (χ1n) is 7.34. The first-order chi connectivity index (χ1) is 11.6. The van der Waals surface area contributed by atoms with Gasteiger partial charge in [-0.05, 0) is 34.4 Å². The zero-order valence-electron chi connectivity index (χ0n) is 12.6. The van der Waals surface area contributed by atoms with Gasteiger partial charge in [-0.25, -0.2) is 9.59 Å². The van der Waals surface area contributed by atoms with Gasteiger partial charge in [0.05, 0.1) is 11.1 Å². The Balaban J connectivity index is 2.29. The number of hydrogen-bond acceptors (Lipinski definition) is 2. The van der Waals surface area contributed by atoms with Gasteiger partial charge in [0.1, 0.15) is 0 Å². The average molecular weight is 318 g/mol. The normalized spacial score (nSPS) is 10.3. The van der Waals surface area contributed by atoms with Gasteiger partial charge < -0.3 is 10.2 Å². The van der Waals surface area contributed by atoms with E-state index in [1.807, 2.05) is 0 Å². The zero-order chi connectivity index (χ0) is 17.1. The number of aromatic carboxylic acids is 2. The lowest BCUT2D eigenvalue weighted by molar-refractivity contribution is 0.0686. The number of hydrogen-bond donors (Lipinski definition) is 2. The Labute approximate surface area is 138 Å². The van der Waals surface area contributed by atoms with E-state index in [1.165, 1.54) is 12.1 Å². The van der Waals surface area contributed by atoms with Gasteiger partial charge in [0.15, 0.2) is 0 Å². The molecular formula is C20H14O4. The molecule has 0 aliphatic rings. The van der Waals surface area contributed by atoms with Crippen LogP contribution in [0.15, 0.2) is 72.8 Å². The number of carbonyl (C=O) groups is 2. The minimum atomic E-state index is -1.02. The summed E-state index contributed by atoms with van der Waals surface area (Å²) in [6.45, 7) is 0. The molecule has 0 saturated carbocycles. The molecule has 3 aromatic rings. The van der Waals surface area contributed by atoms with Crippen molar-refractivity contribution in [3.8, 4) is 22.3 Å². The summed E-state index contributed by atoms with van der Waals surface area (Å²) in [5.74, 6) is -2.04. The van der Waals surface area contributed by atoms with Crippen molar-refractivity contribution in [1.82, 2.24) is 0 Å².